The standard InChI is InChI=1S/C29H28FN5O/c1-35-17-6-5-12-27(35)28(21-9-3-2-4-10-21)32-29(36)31-23-14-16-26-24(19-23)25(33-34-26)15-13-20-8-7-11-22(30)18-20/h2-4,7-11,14,16,18-19,27-28H,5-6,12,17H2,1H3,(H,33,34)(H2,31,32,36)/t27-,28?/m1/s1. The van der Waals surface area contributed by atoms with Crippen molar-refractivity contribution in [3.63, 3.8) is 0 Å². The van der Waals surface area contributed by atoms with E-state index < -0.39 is 0 Å². The monoisotopic (exact) mass is 481 g/mol. The molecule has 0 bridgehead atoms. The highest BCUT2D eigenvalue weighted by Gasteiger charge is 2.30. The first-order valence-electron chi connectivity index (χ1n) is 12.2. The lowest BCUT2D eigenvalue weighted by Gasteiger charge is -2.38. The number of aromatic amines is 1. The predicted octanol–water partition coefficient (Wildman–Crippen LogP) is 5.45. The van der Waals surface area contributed by atoms with Gasteiger partial charge in [-0.2, -0.15) is 5.10 Å². The van der Waals surface area contributed by atoms with E-state index in [0.717, 1.165) is 35.9 Å². The average Bonchev–Trinajstić information content (AvgIpc) is 3.29. The summed E-state index contributed by atoms with van der Waals surface area (Å²) < 4.78 is 13.5. The second-order valence-corrected chi connectivity index (χ2v) is 9.12. The first-order valence-corrected chi connectivity index (χ1v) is 12.2. The summed E-state index contributed by atoms with van der Waals surface area (Å²) in [7, 11) is 2.12. The molecule has 1 aliphatic heterocycles. The zero-order valence-corrected chi connectivity index (χ0v) is 20.1. The van der Waals surface area contributed by atoms with Gasteiger partial charge in [0.25, 0.3) is 0 Å². The number of benzene rings is 3. The molecule has 3 aromatic carbocycles. The molecule has 6 nitrogen and oxygen atoms in total. The molecular weight excluding hydrogens is 453 g/mol. The minimum atomic E-state index is -0.331. The Balaban J connectivity index is 1.35. The minimum Gasteiger partial charge on any atom is -0.329 e. The normalized spacial score (nSPS) is 16.7. The van der Waals surface area contributed by atoms with Crippen LogP contribution in [0.1, 0.15) is 42.1 Å². The van der Waals surface area contributed by atoms with Crippen molar-refractivity contribution in [2.75, 3.05) is 18.9 Å². The molecule has 2 amide bonds. The fourth-order valence-electron chi connectivity index (χ4n) is 4.78. The Morgan fingerprint density at radius 3 is 2.75 bits per heavy atom. The third-order valence-electron chi connectivity index (χ3n) is 6.63. The van der Waals surface area contributed by atoms with E-state index in [1.165, 1.54) is 18.6 Å². The van der Waals surface area contributed by atoms with Crippen LogP contribution in [0, 0.1) is 17.7 Å². The number of piperidine rings is 1. The van der Waals surface area contributed by atoms with E-state index in [4.69, 9.17) is 0 Å². The molecule has 2 heterocycles. The number of carbonyl (C=O) groups excluding carboxylic acids is 1. The minimum absolute atomic E-state index is 0.123. The topological polar surface area (TPSA) is 73.1 Å². The van der Waals surface area contributed by atoms with Gasteiger partial charge in [0.15, 0.2) is 0 Å². The number of halogens is 1. The molecule has 0 spiro atoms. The van der Waals surface area contributed by atoms with E-state index in [0.29, 0.717) is 16.9 Å². The van der Waals surface area contributed by atoms with Gasteiger partial charge in [-0.05, 0) is 74.3 Å². The number of rotatable bonds is 4. The van der Waals surface area contributed by atoms with Crippen LogP contribution in [0.5, 0.6) is 0 Å². The number of aromatic nitrogens is 2. The van der Waals surface area contributed by atoms with E-state index in [-0.39, 0.29) is 23.9 Å². The van der Waals surface area contributed by atoms with Gasteiger partial charge in [-0.1, -0.05) is 48.7 Å². The van der Waals surface area contributed by atoms with Gasteiger partial charge < -0.3 is 15.5 Å². The van der Waals surface area contributed by atoms with Crippen molar-refractivity contribution in [1.82, 2.24) is 20.4 Å². The molecule has 36 heavy (non-hydrogen) atoms. The highest BCUT2D eigenvalue weighted by Crippen LogP contribution is 2.28. The van der Waals surface area contributed by atoms with Crippen LogP contribution < -0.4 is 10.6 Å². The van der Waals surface area contributed by atoms with E-state index in [2.05, 4.69) is 56.8 Å². The molecule has 1 aliphatic rings. The van der Waals surface area contributed by atoms with Crippen molar-refractivity contribution in [2.45, 2.75) is 31.3 Å². The Morgan fingerprint density at radius 1 is 1.08 bits per heavy atom. The lowest BCUT2D eigenvalue weighted by atomic mass is 9.91. The smallest absolute Gasteiger partial charge is 0.319 e. The van der Waals surface area contributed by atoms with Gasteiger partial charge in [0.2, 0.25) is 0 Å². The molecular formula is C29H28FN5O. The molecule has 1 fully saturated rings. The van der Waals surface area contributed by atoms with E-state index in [1.807, 2.05) is 36.4 Å². The molecule has 4 aromatic rings. The highest BCUT2D eigenvalue weighted by atomic mass is 19.1. The molecule has 7 heteroatoms. The number of urea groups is 1. The number of anilines is 1. The summed E-state index contributed by atoms with van der Waals surface area (Å²) in [6.45, 7) is 1.02. The third-order valence-corrected chi connectivity index (χ3v) is 6.63. The predicted molar refractivity (Wildman–Crippen MR) is 140 cm³/mol. The van der Waals surface area contributed by atoms with E-state index in [1.54, 1.807) is 12.1 Å². The van der Waals surface area contributed by atoms with Crippen LogP contribution in [0.3, 0.4) is 0 Å². The Morgan fingerprint density at radius 2 is 1.94 bits per heavy atom. The van der Waals surface area contributed by atoms with Crippen molar-refractivity contribution in [2.24, 2.45) is 0 Å². The van der Waals surface area contributed by atoms with Gasteiger partial charge in [-0.15, -0.1) is 0 Å². The first kappa shape index (κ1) is 23.6. The van der Waals surface area contributed by atoms with Gasteiger partial charge in [0, 0.05) is 22.7 Å². The largest absolute Gasteiger partial charge is 0.329 e. The van der Waals surface area contributed by atoms with Crippen LogP contribution in [0.15, 0.2) is 72.8 Å². The van der Waals surface area contributed by atoms with Gasteiger partial charge in [-0.3, -0.25) is 5.10 Å². The van der Waals surface area contributed by atoms with Crippen molar-refractivity contribution in [1.29, 1.82) is 0 Å². The number of H-pyrrole nitrogens is 1. The average molecular weight is 482 g/mol. The summed E-state index contributed by atoms with van der Waals surface area (Å²) in [5.41, 5.74) is 3.64. The number of nitrogens with zero attached hydrogens (tertiary/aromatic N) is 2. The summed E-state index contributed by atoms with van der Waals surface area (Å²) in [6.07, 6.45) is 3.36. The first-order chi connectivity index (χ1) is 17.6. The molecule has 1 saturated heterocycles. The SMILES string of the molecule is CN1CCCC[C@@H]1C(NC(=O)Nc1ccc2n[nH]c(C#Cc3cccc(F)c3)c2c1)c1ccccc1. The summed E-state index contributed by atoms with van der Waals surface area (Å²) >= 11 is 0. The van der Waals surface area contributed by atoms with Gasteiger partial charge >= 0.3 is 6.03 Å². The van der Waals surface area contributed by atoms with Crippen LogP contribution in [-0.2, 0) is 0 Å². The number of fused-ring (bicyclic) bond motifs is 1. The van der Waals surface area contributed by atoms with Crippen LogP contribution in [0.25, 0.3) is 10.9 Å². The summed E-state index contributed by atoms with van der Waals surface area (Å²) in [5.74, 6) is 5.65. The molecule has 1 unspecified atom stereocenters. The quantitative estimate of drug-likeness (QED) is 0.340. The second kappa shape index (κ2) is 10.6. The zero-order valence-electron chi connectivity index (χ0n) is 20.1. The number of likely N-dealkylation sites (N-methyl/N-ethyl adjacent to an activating group) is 1. The molecule has 2 atom stereocenters. The van der Waals surface area contributed by atoms with Gasteiger partial charge in [0.05, 0.1) is 11.6 Å². The fourth-order valence-corrected chi connectivity index (χ4v) is 4.78. The summed E-state index contributed by atoms with van der Waals surface area (Å²) in [4.78, 5) is 15.5. The Kier molecular flexibility index (Phi) is 6.96. The lowest BCUT2D eigenvalue weighted by Crippen LogP contribution is -2.47. The van der Waals surface area contributed by atoms with Crippen LogP contribution in [0.2, 0.25) is 0 Å². The molecule has 3 N–H and O–H groups in total. The van der Waals surface area contributed by atoms with E-state index >= 15 is 0 Å². The number of hydrogen-bond donors (Lipinski definition) is 3. The lowest BCUT2D eigenvalue weighted by molar-refractivity contribution is 0.147. The Labute approximate surface area is 209 Å². The third kappa shape index (κ3) is 5.40. The van der Waals surface area contributed by atoms with Crippen LogP contribution >= 0.6 is 0 Å². The molecule has 0 aliphatic carbocycles. The fraction of sp³-hybridized carbons (Fsp3) is 0.241. The maximum Gasteiger partial charge on any atom is 0.319 e. The zero-order chi connectivity index (χ0) is 24.9. The second-order valence-electron chi connectivity index (χ2n) is 9.12. The number of hydrogen-bond acceptors (Lipinski definition) is 3. The van der Waals surface area contributed by atoms with Gasteiger partial charge in [-0.25, -0.2) is 9.18 Å². The molecule has 0 saturated carbocycles. The Bertz CT molecular complexity index is 1420. The van der Waals surface area contributed by atoms with E-state index in [9.17, 15) is 9.18 Å². The Hall–Kier alpha value is -4.15. The maximum atomic E-state index is 13.5. The van der Waals surface area contributed by atoms with Crippen molar-refractivity contribution >= 4 is 22.6 Å². The highest BCUT2D eigenvalue weighted by molar-refractivity contribution is 5.94. The van der Waals surface area contributed by atoms with Crippen molar-refractivity contribution in [3.05, 3.63) is 95.4 Å². The van der Waals surface area contributed by atoms with Crippen LogP contribution in [-0.4, -0.2) is 40.8 Å². The number of amides is 2. The summed E-state index contributed by atoms with van der Waals surface area (Å²) in [6, 6.07) is 21.6. The molecule has 182 valence electrons. The number of carbonyl (C=O) groups is 1. The summed E-state index contributed by atoms with van der Waals surface area (Å²) in [5, 5.41) is 14.2. The van der Waals surface area contributed by atoms with Crippen molar-refractivity contribution in [3.8, 4) is 11.8 Å². The molecule has 0 radical (unpaired) electrons. The van der Waals surface area contributed by atoms with Crippen molar-refractivity contribution < 1.29 is 9.18 Å². The van der Waals surface area contributed by atoms with Gasteiger partial charge in [0.1, 0.15) is 11.5 Å². The number of nitrogens with one attached hydrogen (secondary N) is 3. The van der Waals surface area contributed by atoms with Crippen LogP contribution in [0.4, 0.5) is 14.9 Å². The molecule has 5 rings (SSSR count). The maximum absolute atomic E-state index is 13.5. The number of likely N-dealkylation sites (tertiary alicyclic amines) is 1. The molecule has 1 aromatic heterocycles.